The second-order valence-electron chi connectivity index (χ2n) is 12.8. The number of hydrogen-bond acceptors (Lipinski definition) is 4. The van der Waals surface area contributed by atoms with Gasteiger partial charge in [0.1, 0.15) is 5.82 Å². The predicted molar refractivity (Wildman–Crippen MR) is 189 cm³/mol. The maximum atomic E-state index is 13.3. The number of rotatable bonds is 10. The average Bonchev–Trinajstić information content (AvgIpc) is 3.63. The normalized spacial score (nSPS) is 14.6. The van der Waals surface area contributed by atoms with Crippen molar-refractivity contribution in [1.82, 2.24) is 29.7 Å². The summed E-state index contributed by atoms with van der Waals surface area (Å²) in [6.07, 6.45) is 0.778. The number of benzene rings is 3. The number of pyridine rings is 1. The van der Waals surface area contributed by atoms with Crippen LogP contribution in [0.1, 0.15) is 77.0 Å². The summed E-state index contributed by atoms with van der Waals surface area (Å²) in [4.78, 5) is 15.7. The molecule has 0 saturated carbocycles. The fraction of sp³-hybridized carbons (Fsp3) is 0.300. The summed E-state index contributed by atoms with van der Waals surface area (Å²) >= 11 is 0. The Hall–Kier alpha value is -4.73. The molecule has 0 amide bonds. The first-order valence-electron chi connectivity index (χ1n) is 16.5. The molecule has 1 aliphatic carbocycles. The molecule has 6 nitrogen and oxygen atoms in total. The second kappa shape index (κ2) is 14.4. The van der Waals surface area contributed by atoms with Gasteiger partial charge in [0.25, 0.3) is 0 Å². The molecular weight excluding hydrogens is 621 g/mol. The smallest absolute Gasteiger partial charge is 0.341 e. The van der Waals surface area contributed by atoms with Gasteiger partial charge in [-0.1, -0.05) is 56.0 Å². The number of alkyl halides is 3. The highest BCUT2D eigenvalue weighted by molar-refractivity contribution is 5.74. The molecule has 2 N–H and O–H groups in total. The average molecular weight is 665 g/mol. The van der Waals surface area contributed by atoms with Crippen molar-refractivity contribution in [3.05, 3.63) is 148 Å². The van der Waals surface area contributed by atoms with Crippen LogP contribution in [0.25, 0.3) is 16.7 Å². The topological polar surface area (TPSA) is 61.8 Å². The van der Waals surface area contributed by atoms with E-state index in [-0.39, 0.29) is 13.5 Å². The van der Waals surface area contributed by atoms with Gasteiger partial charge in [-0.2, -0.15) is 13.2 Å². The highest BCUT2D eigenvalue weighted by Crippen LogP contribution is 2.35. The monoisotopic (exact) mass is 664 g/mol. The molecule has 9 heteroatoms. The highest BCUT2D eigenvalue weighted by atomic mass is 19.4. The SMILES string of the molecule is C.Cc1cc(CNCc2ccc(CN(Cc3nc4ccccc4[nH]3)C3CCCc4cccnc43)cc2)c(C)n1-c1cccc(C(F)(F)F)c1. The van der Waals surface area contributed by atoms with Crippen LogP contribution in [0.2, 0.25) is 0 Å². The summed E-state index contributed by atoms with van der Waals surface area (Å²) in [7, 11) is 0. The Morgan fingerprint density at radius 2 is 1.69 bits per heavy atom. The fourth-order valence-electron chi connectivity index (χ4n) is 7.05. The van der Waals surface area contributed by atoms with Gasteiger partial charge in [0, 0.05) is 42.9 Å². The van der Waals surface area contributed by atoms with Gasteiger partial charge >= 0.3 is 6.18 Å². The summed E-state index contributed by atoms with van der Waals surface area (Å²) in [5, 5.41) is 3.53. The van der Waals surface area contributed by atoms with E-state index in [4.69, 9.17) is 9.97 Å². The molecule has 49 heavy (non-hydrogen) atoms. The lowest BCUT2D eigenvalue weighted by molar-refractivity contribution is -0.137. The van der Waals surface area contributed by atoms with Crippen molar-refractivity contribution in [2.45, 2.75) is 78.9 Å². The number of para-hydroxylation sites is 2. The Balaban J connectivity index is 0.00000417. The van der Waals surface area contributed by atoms with Crippen LogP contribution in [0.3, 0.4) is 0 Å². The van der Waals surface area contributed by atoms with Gasteiger partial charge in [-0.3, -0.25) is 9.88 Å². The third-order valence-corrected chi connectivity index (χ3v) is 9.42. The number of aromatic nitrogens is 4. The van der Waals surface area contributed by atoms with Crippen LogP contribution in [0.15, 0.2) is 97.2 Å². The van der Waals surface area contributed by atoms with Gasteiger partial charge in [0.05, 0.1) is 34.9 Å². The highest BCUT2D eigenvalue weighted by Gasteiger charge is 2.31. The third-order valence-electron chi connectivity index (χ3n) is 9.42. The summed E-state index contributed by atoms with van der Waals surface area (Å²) in [6.45, 7) is 6.63. The zero-order chi connectivity index (χ0) is 33.3. The number of hydrogen-bond donors (Lipinski definition) is 2. The molecule has 0 radical (unpaired) electrons. The fourth-order valence-corrected chi connectivity index (χ4v) is 7.05. The summed E-state index contributed by atoms with van der Waals surface area (Å²) in [5.74, 6) is 0.951. The van der Waals surface area contributed by atoms with E-state index in [0.717, 1.165) is 65.7 Å². The van der Waals surface area contributed by atoms with Crippen molar-refractivity contribution in [1.29, 1.82) is 0 Å². The molecule has 1 aliphatic rings. The largest absolute Gasteiger partial charge is 0.416 e. The molecule has 1 atom stereocenters. The molecule has 6 aromatic rings. The maximum Gasteiger partial charge on any atom is 0.416 e. The Labute approximate surface area is 286 Å². The molecule has 3 aromatic heterocycles. The summed E-state index contributed by atoms with van der Waals surface area (Å²) < 4.78 is 41.9. The lowest BCUT2D eigenvalue weighted by Crippen LogP contribution is -2.31. The van der Waals surface area contributed by atoms with Crippen molar-refractivity contribution in [3.8, 4) is 5.69 Å². The van der Waals surface area contributed by atoms with E-state index in [2.05, 4.69) is 51.6 Å². The van der Waals surface area contributed by atoms with Crippen LogP contribution in [-0.4, -0.2) is 24.4 Å². The first kappa shape index (κ1) is 34.1. The van der Waals surface area contributed by atoms with Crippen LogP contribution in [0.4, 0.5) is 13.2 Å². The van der Waals surface area contributed by atoms with Gasteiger partial charge in [-0.25, -0.2) is 4.98 Å². The van der Waals surface area contributed by atoms with Crippen molar-refractivity contribution >= 4 is 11.0 Å². The molecule has 0 fully saturated rings. The molecule has 0 spiro atoms. The number of aromatic amines is 1. The van der Waals surface area contributed by atoms with Gasteiger partial charge in [0.15, 0.2) is 0 Å². The van der Waals surface area contributed by atoms with Crippen molar-refractivity contribution in [3.63, 3.8) is 0 Å². The molecule has 254 valence electrons. The van der Waals surface area contributed by atoms with Crippen LogP contribution in [0, 0.1) is 13.8 Å². The first-order valence-corrected chi connectivity index (χ1v) is 16.5. The zero-order valence-corrected chi connectivity index (χ0v) is 27.2. The van der Waals surface area contributed by atoms with Gasteiger partial charge in [-0.15, -0.1) is 0 Å². The number of imidazole rings is 1. The maximum absolute atomic E-state index is 13.3. The standard InChI is InChI=1S/C39H39F3N6.CH4/c1-26-20-31(27(2)48(26)33-11-6-10-32(21-33)39(40,41)42)23-43-22-28-15-17-29(18-16-28)24-47(25-37-45-34-12-3-4-13-35(34)46-37)36-14-5-8-30-9-7-19-44-38(30)36;/h3-4,6-7,9-13,15-21,36,43H,5,8,14,22-25H2,1-2H3,(H,45,46);1H4. The minimum atomic E-state index is -4.38. The minimum absolute atomic E-state index is 0. The van der Waals surface area contributed by atoms with Gasteiger partial charge in [-0.05, 0) is 97.8 Å². The number of nitrogens with zero attached hydrogens (tertiary/aromatic N) is 4. The van der Waals surface area contributed by atoms with E-state index < -0.39 is 11.7 Å². The lowest BCUT2D eigenvalue weighted by atomic mass is 9.90. The van der Waals surface area contributed by atoms with Crippen LogP contribution in [-0.2, 0) is 38.8 Å². The predicted octanol–water partition coefficient (Wildman–Crippen LogP) is 9.39. The quantitative estimate of drug-likeness (QED) is 0.153. The van der Waals surface area contributed by atoms with Gasteiger partial charge in [0.2, 0.25) is 0 Å². The van der Waals surface area contributed by atoms with E-state index >= 15 is 0 Å². The van der Waals surface area contributed by atoms with Crippen LogP contribution < -0.4 is 5.32 Å². The van der Waals surface area contributed by atoms with Crippen molar-refractivity contribution < 1.29 is 13.2 Å². The van der Waals surface area contributed by atoms with Crippen LogP contribution >= 0.6 is 0 Å². The lowest BCUT2D eigenvalue weighted by Gasteiger charge is -2.34. The zero-order valence-electron chi connectivity index (χ0n) is 27.2. The molecule has 0 bridgehead atoms. The number of H-pyrrole nitrogens is 1. The number of halogens is 3. The van der Waals surface area contributed by atoms with E-state index in [1.165, 1.54) is 34.5 Å². The third kappa shape index (κ3) is 7.48. The van der Waals surface area contributed by atoms with E-state index in [1.807, 2.05) is 54.9 Å². The molecule has 0 aliphatic heterocycles. The molecule has 3 aromatic carbocycles. The Morgan fingerprint density at radius 1 is 0.898 bits per heavy atom. The van der Waals surface area contributed by atoms with E-state index in [9.17, 15) is 13.2 Å². The Morgan fingerprint density at radius 3 is 2.49 bits per heavy atom. The number of nitrogens with one attached hydrogen (secondary N) is 2. The Kier molecular flexibility index (Phi) is 10.0. The summed E-state index contributed by atoms with van der Waals surface area (Å²) in [5.41, 5.74) is 9.68. The Bertz CT molecular complexity index is 1990. The molecular formula is C40H43F3N6. The molecule has 3 heterocycles. The molecule has 0 saturated heterocycles. The molecule has 7 rings (SSSR count). The number of fused-ring (bicyclic) bond motifs is 2. The summed E-state index contributed by atoms with van der Waals surface area (Å²) in [6, 6.07) is 28.9. The second-order valence-corrected chi connectivity index (χ2v) is 12.8. The minimum Gasteiger partial charge on any atom is -0.341 e. The molecule has 1 unspecified atom stereocenters. The van der Waals surface area contributed by atoms with E-state index in [1.54, 1.807) is 6.07 Å². The van der Waals surface area contributed by atoms with Crippen molar-refractivity contribution in [2.75, 3.05) is 0 Å². The first-order chi connectivity index (χ1) is 23.2. The van der Waals surface area contributed by atoms with Gasteiger partial charge < -0.3 is 14.9 Å². The number of aryl methyl sites for hydroxylation is 2. The van der Waals surface area contributed by atoms with Crippen molar-refractivity contribution in [2.24, 2.45) is 0 Å². The van der Waals surface area contributed by atoms with Crippen LogP contribution in [0.5, 0.6) is 0 Å². The van der Waals surface area contributed by atoms with E-state index in [0.29, 0.717) is 25.3 Å².